The van der Waals surface area contributed by atoms with Crippen molar-refractivity contribution in [2.75, 3.05) is 35.7 Å². The second kappa shape index (κ2) is 7.36. The number of nitrogen functional groups attached to an aromatic ring is 1. The SMILES string of the molecule is Nc1cnccc1NCCSCCCO. The second-order valence-electron chi connectivity index (χ2n) is 3.08. The molecule has 4 nitrogen and oxygen atoms in total. The summed E-state index contributed by atoms with van der Waals surface area (Å²) in [5.41, 5.74) is 7.33. The lowest BCUT2D eigenvalue weighted by molar-refractivity contribution is 0.296. The highest BCUT2D eigenvalue weighted by Gasteiger charge is 1.96. The molecule has 15 heavy (non-hydrogen) atoms. The number of hydrogen-bond acceptors (Lipinski definition) is 5. The number of rotatable bonds is 7. The van der Waals surface area contributed by atoms with E-state index in [0.717, 1.165) is 30.2 Å². The third kappa shape index (κ3) is 4.90. The summed E-state index contributed by atoms with van der Waals surface area (Å²) in [6, 6.07) is 1.87. The third-order valence-corrected chi connectivity index (χ3v) is 2.93. The zero-order valence-electron chi connectivity index (χ0n) is 8.65. The molecule has 5 heteroatoms. The molecule has 0 aromatic carbocycles. The average molecular weight is 227 g/mol. The standard InChI is InChI=1S/C10H17N3OS/c11-9-8-12-3-2-10(9)13-4-7-15-6-1-5-14/h2-3,8,14H,1,4-7,11H2,(H,12,13). The van der Waals surface area contributed by atoms with Crippen molar-refractivity contribution in [3.8, 4) is 0 Å². The Hall–Kier alpha value is -0.940. The highest BCUT2D eigenvalue weighted by molar-refractivity contribution is 7.99. The Morgan fingerprint density at radius 2 is 2.33 bits per heavy atom. The van der Waals surface area contributed by atoms with Crippen molar-refractivity contribution < 1.29 is 5.11 Å². The number of hydrogen-bond donors (Lipinski definition) is 3. The van der Waals surface area contributed by atoms with E-state index in [4.69, 9.17) is 10.8 Å². The van der Waals surface area contributed by atoms with E-state index in [1.807, 2.05) is 17.8 Å². The van der Waals surface area contributed by atoms with Gasteiger partial charge < -0.3 is 16.2 Å². The third-order valence-electron chi connectivity index (χ3n) is 1.86. The summed E-state index contributed by atoms with van der Waals surface area (Å²) in [5, 5.41) is 11.8. The molecule has 0 saturated carbocycles. The van der Waals surface area contributed by atoms with Crippen LogP contribution in [0.25, 0.3) is 0 Å². The van der Waals surface area contributed by atoms with Crippen LogP contribution in [0.4, 0.5) is 11.4 Å². The predicted molar refractivity (Wildman–Crippen MR) is 66.2 cm³/mol. The van der Waals surface area contributed by atoms with E-state index in [0.29, 0.717) is 5.69 Å². The van der Waals surface area contributed by atoms with Gasteiger partial charge >= 0.3 is 0 Å². The van der Waals surface area contributed by atoms with Crippen molar-refractivity contribution in [3.05, 3.63) is 18.5 Å². The van der Waals surface area contributed by atoms with E-state index in [2.05, 4.69) is 10.3 Å². The molecule has 1 aromatic heterocycles. The molecule has 0 fully saturated rings. The van der Waals surface area contributed by atoms with Crippen LogP contribution in [0.2, 0.25) is 0 Å². The molecule has 0 aliphatic carbocycles. The van der Waals surface area contributed by atoms with Gasteiger partial charge in [0.05, 0.1) is 17.6 Å². The van der Waals surface area contributed by atoms with Crippen LogP contribution in [0.15, 0.2) is 18.5 Å². The molecule has 0 spiro atoms. The lowest BCUT2D eigenvalue weighted by Gasteiger charge is -2.07. The first-order chi connectivity index (χ1) is 7.34. The van der Waals surface area contributed by atoms with Crippen LogP contribution in [0.3, 0.4) is 0 Å². The van der Waals surface area contributed by atoms with Gasteiger partial charge in [-0.15, -0.1) is 0 Å². The number of aromatic nitrogens is 1. The minimum Gasteiger partial charge on any atom is -0.396 e. The van der Waals surface area contributed by atoms with Crippen molar-refractivity contribution in [2.45, 2.75) is 6.42 Å². The van der Waals surface area contributed by atoms with Crippen LogP contribution in [0.5, 0.6) is 0 Å². The lowest BCUT2D eigenvalue weighted by Crippen LogP contribution is -2.06. The minimum atomic E-state index is 0.276. The fourth-order valence-corrected chi connectivity index (χ4v) is 1.88. The van der Waals surface area contributed by atoms with E-state index < -0.39 is 0 Å². The molecule has 0 unspecified atom stereocenters. The molecule has 0 amide bonds. The van der Waals surface area contributed by atoms with Gasteiger partial charge in [0, 0.05) is 25.1 Å². The fourth-order valence-electron chi connectivity index (χ4n) is 1.09. The van der Waals surface area contributed by atoms with Gasteiger partial charge in [-0.2, -0.15) is 11.8 Å². The number of nitrogens with two attached hydrogens (primary N) is 1. The summed E-state index contributed by atoms with van der Waals surface area (Å²) in [6.45, 7) is 1.15. The largest absolute Gasteiger partial charge is 0.396 e. The summed E-state index contributed by atoms with van der Waals surface area (Å²) < 4.78 is 0. The number of aliphatic hydroxyl groups is 1. The molecule has 0 atom stereocenters. The van der Waals surface area contributed by atoms with Crippen LogP contribution in [0.1, 0.15) is 6.42 Å². The topological polar surface area (TPSA) is 71.2 Å². The lowest BCUT2D eigenvalue weighted by atomic mass is 10.3. The van der Waals surface area contributed by atoms with Crippen LogP contribution in [0, 0.1) is 0 Å². The molecule has 0 radical (unpaired) electrons. The van der Waals surface area contributed by atoms with E-state index in [1.165, 1.54) is 0 Å². The molecule has 1 aromatic rings. The summed E-state index contributed by atoms with van der Waals surface area (Å²) >= 11 is 1.82. The fraction of sp³-hybridized carbons (Fsp3) is 0.500. The number of nitrogens with zero attached hydrogens (tertiary/aromatic N) is 1. The first kappa shape index (κ1) is 12.1. The zero-order valence-corrected chi connectivity index (χ0v) is 9.46. The summed E-state index contributed by atoms with van der Waals surface area (Å²) in [4.78, 5) is 3.92. The van der Waals surface area contributed by atoms with E-state index in [9.17, 15) is 0 Å². The summed E-state index contributed by atoms with van der Waals surface area (Å²) in [5.74, 6) is 2.02. The quantitative estimate of drug-likeness (QED) is 0.610. The molecule has 0 aliphatic heterocycles. The van der Waals surface area contributed by atoms with Gasteiger partial charge in [0.1, 0.15) is 0 Å². The maximum atomic E-state index is 8.58. The van der Waals surface area contributed by atoms with Gasteiger partial charge in [0.25, 0.3) is 0 Å². The van der Waals surface area contributed by atoms with Crippen LogP contribution >= 0.6 is 11.8 Å². The normalized spacial score (nSPS) is 10.2. The molecule has 1 rings (SSSR count). The Labute approximate surface area is 94.3 Å². The first-order valence-electron chi connectivity index (χ1n) is 4.96. The first-order valence-corrected chi connectivity index (χ1v) is 6.12. The van der Waals surface area contributed by atoms with Gasteiger partial charge in [0.2, 0.25) is 0 Å². The molecule has 4 N–H and O–H groups in total. The van der Waals surface area contributed by atoms with E-state index in [-0.39, 0.29) is 6.61 Å². The van der Waals surface area contributed by atoms with Crippen molar-refractivity contribution in [3.63, 3.8) is 0 Å². The van der Waals surface area contributed by atoms with Crippen LogP contribution < -0.4 is 11.1 Å². The van der Waals surface area contributed by atoms with Crippen molar-refractivity contribution in [2.24, 2.45) is 0 Å². The molecule has 0 bridgehead atoms. The number of anilines is 2. The van der Waals surface area contributed by atoms with Crippen molar-refractivity contribution in [1.29, 1.82) is 0 Å². The van der Waals surface area contributed by atoms with Gasteiger partial charge in [-0.3, -0.25) is 4.98 Å². The van der Waals surface area contributed by atoms with Gasteiger partial charge in [-0.05, 0) is 18.2 Å². The van der Waals surface area contributed by atoms with E-state index >= 15 is 0 Å². The minimum absolute atomic E-state index is 0.276. The number of thioether (sulfide) groups is 1. The summed E-state index contributed by atoms with van der Waals surface area (Å²) in [6.07, 6.45) is 4.22. The second-order valence-corrected chi connectivity index (χ2v) is 4.30. The average Bonchev–Trinajstić information content (AvgIpc) is 2.25. The Balaban J connectivity index is 2.12. The number of pyridine rings is 1. The van der Waals surface area contributed by atoms with E-state index in [1.54, 1.807) is 12.4 Å². The number of aliphatic hydroxyl groups excluding tert-OH is 1. The summed E-state index contributed by atoms with van der Waals surface area (Å²) in [7, 11) is 0. The number of nitrogens with one attached hydrogen (secondary N) is 1. The smallest absolute Gasteiger partial charge is 0.0736 e. The Morgan fingerprint density at radius 3 is 3.07 bits per heavy atom. The van der Waals surface area contributed by atoms with Crippen molar-refractivity contribution in [1.82, 2.24) is 4.98 Å². The highest BCUT2D eigenvalue weighted by Crippen LogP contribution is 2.14. The molecule has 84 valence electrons. The monoisotopic (exact) mass is 227 g/mol. The molecule has 0 aliphatic rings. The van der Waals surface area contributed by atoms with Crippen molar-refractivity contribution >= 4 is 23.1 Å². The highest BCUT2D eigenvalue weighted by atomic mass is 32.2. The Morgan fingerprint density at radius 1 is 1.47 bits per heavy atom. The molecular weight excluding hydrogens is 210 g/mol. The van der Waals surface area contributed by atoms with Gasteiger partial charge in [0.15, 0.2) is 0 Å². The maximum absolute atomic E-state index is 8.58. The Bertz CT molecular complexity index is 283. The van der Waals surface area contributed by atoms with Gasteiger partial charge in [-0.25, -0.2) is 0 Å². The molecule has 1 heterocycles. The predicted octanol–water partition coefficient (Wildman–Crippen LogP) is 1.19. The molecule has 0 saturated heterocycles. The molecular formula is C10H17N3OS. The zero-order chi connectivity index (χ0) is 10.9. The van der Waals surface area contributed by atoms with Gasteiger partial charge in [-0.1, -0.05) is 0 Å². The van der Waals surface area contributed by atoms with Crippen LogP contribution in [-0.2, 0) is 0 Å². The van der Waals surface area contributed by atoms with Crippen LogP contribution in [-0.4, -0.2) is 34.7 Å². The Kier molecular flexibility index (Phi) is 5.96. The maximum Gasteiger partial charge on any atom is 0.0736 e.